The van der Waals surface area contributed by atoms with Gasteiger partial charge < -0.3 is 10.1 Å². The summed E-state index contributed by atoms with van der Waals surface area (Å²) in [4.78, 5) is 20.6. The number of aryl methyl sites for hydroxylation is 1. The lowest BCUT2D eigenvalue weighted by molar-refractivity contribution is -0.126. The molecule has 0 aliphatic heterocycles. The summed E-state index contributed by atoms with van der Waals surface area (Å²) in [5, 5.41) is 6.79. The minimum Gasteiger partial charge on any atom is -0.364 e. The summed E-state index contributed by atoms with van der Waals surface area (Å²) >= 11 is 3.21. The Bertz CT molecular complexity index is 764. The van der Waals surface area contributed by atoms with Gasteiger partial charge in [-0.2, -0.15) is 0 Å². The van der Waals surface area contributed by atoms with Gasteiger partial charge in [0.2, 0.25) is 5.91 Å². The van der Waals surface area contributed by atoms with Crippen molar-refractivity contribution in [2.24, 2.45) is 0 Å². The first-order valence-corrected chi connectivity index (χ1v) is 9.00. The first-order valence-electron chi connectivity index (χ1n) is 7.30. The molecule has 0 saturated heterocycles. The van der Waals surface area contributed by atoms with E-state index < -0.39 is 0 Å². The SMILES string of the molecule is Cc1nc(CCNC(=O)COCc2nc3ccccc3s2)cs1. The first-order chi connectivity index (χ1) is 11.2. The molecule has 0 unspecified atom stereocenters. The van der Waals surface area contributed by atoms with E-state index in [-0.39, 0.29) is 12.5 Å². The maximum absolute atomic E-state index is 11.7. The molecule has 3 aromatic rings. The number of carbonyl (C=O) groups excluding carboxylic acids is 1. The maximum Gasteiger partial charge on any atom is 0.246 e. The normalized spacial score (nSPS) is 11.0. The van der Waals surface area contributed by atoms with E-state index in [1.54, 1.807) is 22.7 Å². The van der Waals surface area contributed by atoms with Crippen molar-refractivity contribution in [1.29, 1.82) is 0 Å². The zero-order chi connectivity index (χ0) is 16.1. The Morgan fingerprint density at radius 1 is 1.30 bits per heavy atom. The predicted molar refractivity (Wildman–Crippen MR) is 92.8 cm³/mol. The van der Waals surface area contributed by atoms with Crippen molar-refractivity contribution in [3.8, 4) is 0 Å². The molecule has 0 spiro atoms. The number of ether oxygens (including phenoxy) is 1. The number of aromatic nitrogens is 2. The molecule has 3 rings (SSSR count). The van der Waals surface area contributed by atoms with Crippen molar-refractivity contribution in [3.63, 3.8) is 0 Å². The highest BCUT2D eigenvalue weighted by molar-refractivity contribution is 7.18. The monoisotopic (exact) mass is 347 g/mol. The summed E-state index contributed by atoms with van der Waals surface area (Å²) < 4.78 is 6.57. The lowest BCUT2D eigenvalue weighted by Gasteiger charge is -2.04. The van der Waals surface area contributed by atoms with Gasteiger partial charge in [0.1, 0.15) is 11.6 Å². The molecule has 1 aromatic carbocycles. The summed E-state index contributed by atoms with van der Waals surface area (Å²) in [5.41, 5.74) is 1.99. The highest BCUT2D eigenvalue weighted by Gasteiger charge is 2.06. The third-order valence-corrected chi connectivity index (χ3v) is 5.00. The molecule has 2 aromatic heterocycles. The van der Waals surface area contributed by atoms with Crippen molar-refractivity contribution in [2.45, 2.75) is 20.0 Å². The number of rotatable bonds is 7. The summed E-state index contributed by atoms with van der Waals surface area (Å²) in [6.45, 7) is 2.96. The van der Waals surface area contributed by atoms with E-state index in [0.717, 1.165) is 32.3 Å². The molecule has 0 bridgehead atoms. The molecule has 1 N–H and O–H groups in total. The van der Waals surface area contributed by atoms with Gasteiger partial charge in [0, 0.05) is 18.3 Å². The Morgan fingerprint density at radius 3 is 2.96 bits per heavy atom. The fraction of sp³-hybridized carbons (Fsp3) is 0.312. The molecule has 0 aliphatic carbocycles. The van der Waals surface area contributed by atoms with Crippen LogP contribution in [0.2, 0.25) is 0 Å². The van der Waals surface area contributed by atoms with Crippen molar-refractivity contribution < 1.29 is 9.53 Å². The zero-order valence-corrected chi connectivity index (χ0v) is 14.4. The minimum absolute atomic E-state index is 0.0476. The van der Waals surface area contributed by atoms with Crippen molar-refractivity contribution >= 4 is 38.8 Å². The van der Waals surface area contributed by atoms with E-state index in [1.165, 1.54) is 0 Å². The standard InChI is InChI=1S/C16H17N3O2S2/c1-11-18-12(10-22-11)6-7-17-15(20)8-21-9-16-19-13-4-2-3-5-14(13)23-16/h2-5,10H,6-9H2,1H3,(H,17,20). The second-order valence-corrected chi connectivity index (χ2v) is 7.20. The minimum atomic E-state index is -0.113. The van der Waals surface area contributed by atoms with Gasteiger partial charge in [-0.3, -0.25) is 4.79 Å². The molecule has 2 heterocycles. The molecule has 7 heteroatoms. The molecule has 23 heavy (non-hydrogen) atoms. The summed E-state index contributed by atoms with van der Waals surface area (Å²) in [5.74, 6) is -0.113. The number of thiazole rings is 2. The first kappa shape index (κ1) is 16.0. The van der Waals surface area contributed by atoms with Gasteiger partial charge in [-0.25, -0.2) is 9.97 Å². The molecule has 0 fully saturated rings. The van der Waals surface area contributed by atoms with Gasteiger partial charge in [0.25, 0.3) is 0 Å². The van der Waals surface area contributed by atoms with E-state index in [9.17, 15) is 4.79 Å². The number of hydrogen-bond acceptors (Lipinski definition) is 6. The molecular formula is C16H17N3O2S2. The lowest BCUT2D eigenvalue weighted by Crippen LogP contribution is -2.29. The van der Waals surface area contributed by atoms with E-state index in [1.807, 2.05) is 36.6 Å². The smallest absolute Gasteiger partial charge is 0.246 e. The molecule has 0 radical (unpaired) electrons. The van der Waals surface area contributed by atoms with Crippen LogP contribution in [-0.4, -0.2) is 29.0 Å². The maximum atomic E-state index is 11.7. The van der Waals surface area contributed by atoms with Crippen LogP contribution in [0, 0.1) is 6.92 Å². The number of carbonyl (C=O) groups is 1. The Hall–Kier alpha value is -1.83. The fourth-order valence-corrected chi connectivity index (χ4v) is 3.67. The number of para-hydroxylation sites is 1. The van der Waals surface area contributed by atoms with E-state index >= 15 is 0 Å². The number of amides is 1. The third-order valence-electron chi connectivity index (χ3n) is 3.17. The lowest BCUT2D eigenvalue weighted by atomic mass is 10.3. The molecular weight excluding hydrogens is 330 g/mol. The van der Waals surface area contributed by atoms with Crippen molar-refractivity contribution in [3.05, 3.63) is 45.4 Å². The molecule has 1 amide bonds. The van der Waals surface area contributed by atoms with Gasteiger partial charge in [0.15, 0.2) is 0 Å². The number of fused-ring (bicyclic) bond motifs is 1. The van der Waals surface area contributed by atoms with Crippen LogP contribution in [0.3, 0.4) is 0 Å². The number of nitrogens with one attached hydrogen (secondary N) is 1. The van der Waals surface area contributed by atoms with Gasteiger partial charge >= 0.3 is 0 Å². The van der Waals surface area contributed by atoms with Crippen LogP contribution in [0.1, 0.15) is 15.7 Å². The fourth-order valence-electron chi connectivity index (χ4n) is 2.12. The van der Waals surface area contributed by atoms with E-state index in [0.29, 0.717) is 13.2 Å². The topological polar surface area (TPSA) is 64.1 Å². The molecule has 120 valence electrons. The van der Waals surface area contributed by atoms with Crippen LogP contribution in [0.4, 0.5) is 0 Å². The van der Waals surface area contributed by atoms with Crippen LogP contribution in [0.15, 0.2) is 29.6 Å². The number of benzene rings is 1. The highest BCUT2D eigenvalue weighted by atomic mass is 32.1. The summed E-state index contributed by atoms with van der Waals surface area (Å²) in [7, 11) is 0. The van der Waals surface area contributed by atoms with Gasteiger partial charge in [-0.05, 0) is 19.1 Å². The van der Waals surface area contributed by atoms with Gasteiger partial charge in [-0.15, -0.1) is 22.7 Å². The Morgan fingerprint density at radius 2 is 2.17 bits per heavy atom. The average molecular weight is 347 g/mol. The zero-order valence-electron chi connectivity index (χ0n) is 12.7. The van der Waals surface area contributed by atoms with E-state index in [4.69, 9.17) is 4.74 Å². The summed E-state index contributed by atoms with van der Waals surface area (Å²) in [6, 6.07) is 7.96. The highest BCUT2D eigenvalue weighted by Crippen LogP contribution is 2.21. The van der Waals surface area contributed by atoms with Gasteiger partial charge in [-0.1, -0.05) is 12.1 Å². The average Bonchev–Trinajstić information content (AvgIpc) is 3.13. The van der Waals surface area contributed by atoms with Crippen molar-refractivity contribution in [1.82, 2.24) is 15.3 Å². The third kappa shape index (κ3) is 4.57. The second-order valence-electron chi connectivity index (χ2n) is 5.03. The molecule has 0 aliphatic rings. The quantitative estimate of drug-likeness (QED) is 0.714. The second kappa shape index (κ2) is 7.63. The Balaban J connectivity index is 1.37. The molecule has 0 saturated carbocycles. The van der Waals surface area contributed by atoms with Crippen LogP contribution in [0.5, 0.6) is 0 Å². The largest absolute Gasteiger partial charge is 0.364 e. The molecule has 0 atom stereocenters. The Kier molecular flexibility index (Phi) is 5.32. The van der Waals surface area contributed by atoms with Gasteiger partial charge in [0.05, 0.1) is 27.5 Å². The number of hydrogen-bond donors (Lipinski definition) is 1. The summed E-state index contributed by atoms with van der Waals surface area (Å²) in [6.07, 6.45) is 0.744. The van der Waals surface area contributed by atoms with Crippen LogP contribution >= 0.6 is 22.7 Å². The molecule has 5 nitrogen and oxygen atoms in total. The number of nitrogens with zero attached hydrogens (tertiary/aromatic N) is 2. The predicted octanol–water partition coefficient (Wildman–Crippen LogP) is 2.94. The van der Waals surface area contributed by atoms with Crippen LogP contribution in [-0.2, 0) is 22.6 Å². The van der Waals surface area contributed by atoms with Crippen LogP contribution in [0.25, 0.3) is 10.2 Å². The Labute approximate surface area is 142 Å². The van der Waals surface area contributed by atoms with Crippen molar-refractivity contribution in [2.75, 3.05) is 13.2 Å². The van der Waals surface area contributed by atoms with E-state index in [2.05, 4.69) is 15.3 Å². The van der Waals surface area contributed by atoms with Crippen LogP contribution < -0.4 is 5.32 Å².